The lowest BCUT2D eigenvalue weighted by atomic mass is 9.87. The molecule has 9 heteroatoms. The Morgan fingerprint density at radius 3 is 2.44 bits per heavy atom. The lowest BCUT2D eigenvalue weighted by Gasteiger charge is -2.24. The Bertz CT molecular complexity index is 1080. The summed E-state index contributed by atoms with van der Waals surface area (Å²) < 4.78 is 0. The molecule has 0 spiro atoms. The van der Waals surface area contributed by atoms with Crippen LogP contribution in [-0.4, -0.2) is 27.7 Å². The smallest absolute Gasteiger partial charge is 0.234 e. The number of amides is 3. The van der Waals surface area contributed by atoms with Crippen LogP contribution in [0.15, 0.2) is 24.5 Å². The van der Waals surface area contributed by atoms with Gasteiger partial charge in [-0.15, -0.1) is 0 Å². The van der Waals surface area contributed by atoms with Crippen LogP contribution in [0.3, 0.4) is 0 Å². The highest BCUT2D eigenvalue weighted by atomic mass is 35.5. The predicted octanol–water partition coefficient (Wildman–Crippen LogP) is 3.78. The van der Waals surface area contributed by atoms with Crippen molar-refractivity contribution in [3.63, 3.8) is 0 Å². The summed E-state index contributed by atoms with van der Waals surface area (Å²) in [7, 11) is 0. The third-order valence-corrected chi connectivity index (χ3v) is 6.70. The maximum absolute atomic E-state index is 13.0. The van der Waals surface area contributed by atoms with Gasteiger partial charge in [0.1, 0.15) is 6.33 Å². The molecule has 0 bridgehead atoms. The van der Waals surface area contributed by atoms with Crippen LogP contribution in [0, 0.1) is 0 Å². The van der Waals surface area contributed by atoms with Crippen LogP contribution >= 0.6 is 23.2 Å². The van der Waals surface area contributed by atoms with Gasteiger partial charge in [0.25, 0.3) is 0 Å². The summed E-state index contributed by atoms with van der Waals surface area (Å²) in [4.78, 5) is 45.2. The van der Waals surface area contributed by atoms with Crippen molar-refractivity contribution in [3.8, 4) is 0 Å². The Morgan fingerprint density at radius 2 is 1.81 bits per heavy atom. The second kappa shape index (κ2) is 8.79. The molecule has 3 amide bonds. The van der Waals surface area contributed by atoms with Gasteiger partial charge in [0, 0.05) is 40.2 Å². The molecule has 2 aliphatic rings. The first-order chi connectivity index (χ1) is 15.2. The van der Waals surface area contributed by atoms with E-state index in [2.05, 4.69) is 20.6 Å². The third kappa shape index (κ3) is 4.64. The summed E-state index contributed by atoms with van der Waals surface area (Å²) in [6.45, 7) is 3.87. The fourth-order valence-electron chi connectivity index (χ4n) is 3.88. The number of hydrogen-bond acceptors (Lipinski definition) is 5. The van der Waals surface area contributed by atoms with Crippen LogP contribution in [0.2, 0.25) is 10.0 Å². The van der Waals surface area contributed by atoms with Crippen molar-refractivity contribution in [1.29, 1.82) is 0 Å². The van der Waals surface area contributed by atoms with Crippen molar-refractivity contribution in [1.82, 2.24) is 20.6 Å². The molecule has 1 saturated carbocycles. The van der Waals surface area contributed by atoms with Gasteiger partial charge in [-0.05, 0) is 56.9 Å². The molecule has 2 aromatic rings. The number of nitrogens with one attached hydrogen (secondary N) is 2. The number of aromatic nitrogens is 2. The molecule has 1 atom stereocenters. The minimum absolute atomic E-state index is 0.181. The van der Waals surface area contributed by atoms with Crippen LogP contribution in [0.5, 0.6) is 0 Å². The maximum atomic E-state index is 13.0. The number of carbonyl (C=O) groups is 3. The Hall–Kier alpha value is -2.51. The molecule has 1 aromatic heterocycles. The average molecular weight is 475 g/mol. The van der Waals surface area contributed by atoms with Crippen molar-refractivity contribution in [2.75, 3.05) is 0 Å². The summed E-state index contributed by atoms with van der Waals surface area (Å²) in [5, 5.41) is 5.92. The van der Waals surface area contributed by atoms with Gasteiger partial charge in [-0.25, -0.2) is 9.97 Å². The lowest BCUT2D eigenvalue weighted by molar-refractivity contribution is -0.134. The van der Waals surface area contributed by atoms with E-state index in [0.29, 0.717) is 39.2 Å². The number of benzene rings is 1. The van der Waals surface area contributed by atoms with Crippen molar-refractivity contribution in [2.45, 2.75) is 63.3 Å². The number of halogens is 2. The van der Waals surface area contributed by atoms with Gasteiger partial charge < -0.3 is 5.32 Å². The molecule has 1 aromatic carbocycles. The topological polar surface area (TPSA) is 101 Å². The third-order valence-electron chi connectivity index (χ3n) is 6.07. The summed E-state index contributed by atoms with van der Waals surface area (Å²) >= 11 is 12.9. The van der Waals surface area contributed by atoms with Gasteiger partial charge in [0.2, 0.25) is 17.7 Å². The Morgan fingerprint density at radius 1 is 1.12 bits per heavy atom. The second-order valence-corrected chi connectivity index (χ2v) is 9.70. The van der Waals surface area contributed by atoms with Crippen LogP contribution in [0.1, 0.15) is 73.9 Å². The standard InChI is InChI=1S/C23H24Cl2N4O3/c1-23(2,18-9-17(13-3-4-13)27-11-28-18)22(32)26-10-12-7-15(24)20(16(25)8-12)14-5-6-19(30)29-21(14)31/h7-9,11,13-14H,3-6,10H2,1-2H3,(H,26,32)(H,29,30,31). The van der Waals surface area contributed by atoms with E-state index in [9.17, 15) is 14.4 Å². The van der Waals surface area contributed by atoms with Crippen molar-refractivity contribution in [2.24, 2.45) is 0 Å². The van der Waals surface area contributed by atoms with E-state index >= 15 is 0 Å². The quantitative estimate of drug-likeness (QED) is 0.620. The first kappa shape index (κ1) is 22.7. The van der Waals surface area contributed by atoms with E-state index in [1.54, 1.807) is 12.1 Å². The molecule has 1 aliphatic carbocycles. The fraction of sp³-hybridized carbons (Fsp3) is 0.435. The molecule has 1 saturated heterocycles. The van der Waals surface area contributed by atoms with Gasteiger partial charge in [-0.1, -0.05) is 23.2 Å². The summed E-state index contributed by atoms with van der Waals surface area (Å²) in [6.07, 6.45) is 4.36. The molecular weight excluding hydrogens is 451 g/mol. The van der Waals surface area contributed by atoms with Crippen LogP contribution < -0.4 is 10.6 Å². The van der Waals surface area contributed by atoms with E-state index in [4.69, 9.17) is 23.2 Å². The second-order valence-electron chi connectivity index (χ2n) is 8.89. The zero-order chi connectivity index (χ0) is 23.0. The van der Waals surface area contributed by atoms with Crippen LogP contribution in [-0.2, 0) is 26.3 Å². The highest BCUT2D eigenvalue weighted by molar-refractivity contribution is 6.36. The SMILES string of the molecule is CC(C)(C(=O)NCc1cc(Cl)c(C2CCC(=O)NC2=O)c(Cl)c1)c1cc(C2CC2)ncn1. The minimum atomic E-state index is -0.840. The van der Waals surface area contributed by atoms with Crippen LogP contribution in [0.25, 0.3) is 0 Å². The van der Waals surface area contributed by atoms with Crippen molar-refractivity contribution in [3.05, 3.63) is 57.1 Å². The number of nitrogens with zero attached hydrogens (tertiary/aromatic N) is 2. The number of carbonyl (C=O) groups excluding carboxylic acids is 3. The van der Waals surface area contributed by atoms with Gasteiger partial charge in [-0.2, -0.15) is 0 Å². The van der Waals surface area contributed by atoms with Gasteiger partial charge in [0.15, 0.2) is 0 Å². The monoisotopic (exact) mass is 474 g/mol. The number of imide groups is 1. The molecule has 7 nitrogen and oxygen atoms in total. The van der Waals surface area contributed by atoms with E-state index in [1.807, 2.05) is 19.9 Å². The van der Waals surface area contributed by atoms with E-state index in [-0.39, 0.29) is 24.8 Å². The zero-order valence-electron chi connectivity index (χ0n) is 17.9. The average Bonchev–Trinajstić information content (AvgIpc) is 3.58. The van der Waals surface area contributed by atoms with Gasteiger partial charge in [-0.3, -0.25) is 19.7 Å². The molecule has 2 N–H and O–H groups in total. The molecule has 2 fully saturated rings. The fourth-order valence-corrected chi connectivity index (χ4v) is 4.67. The first-order valence-electron chi connectivity index (χ1n) is 10.6. The summed E-state index contributed by atoms with van der Waals surface area (Å²) in [5.41, 5.74) is 2.03. The predicted molar refractivity (Wildman–Crippen MR) is 120 cm³/mol. The van der Waals surface area contributed by atoms with Gasteiger partial charge in [0.05, 0.1) is 17.0 Å². The molecule has 32 heavy (non-hydrogen) atoms. The van der Waals surface area contributed by atoms with E-state index in [0.717, 1.165) is 18.5 Å². The molecule has 2 heterocycles. The van der Waals surface area contributed by atoms with Crippen LogP contribution in [0.4, 0.5) is 0 Å². The molecule has 1 aliphatic heterocycles. The molecule has 168 valence electrons. The lowest BCUT2D eigenvalue weighted by Crippen LogP contribution is -2.40. The Labute approximate surface area is 196 Å². The zero-order valence-corrected chi connectivity index (χ0v) is 19.4. The highest BCUT2D eigenvalue weighted by Crippen LogP contribution is 2.40. The molecular formula is C23H24Cl2N4O3. The summed E-state index contributed by atoms with van der Waals surface area (Å²) in [6, 6.07) is 5.30. The molecule has 1 unspecified atom stereocenters. The van der Waals surface area contributed by atoms with Gasteiger partial charge >= 0.3 is 0 Å². The van der Waals surface area contributed by atoms with Crippen molar-refractivity contribution < 1.29 is 14.4 Å². The summed E-state index contributed by atoms with van der Waals surface area (Å²) in [5.74, 6) is -0.979. The molecule has 0 radical (unpaired) electrons. The highest BCUT2D eigenvalue weighted by Gasteiger charge is 2.34. The number of piperidine rings is 1. The minimum Gasteiger partial charge on any atom is -0.351 e. The first-order valence-corrected chi connectivity index (χ1v) is 11.3. The number of hydrogen-bond donors (Lipinski definition) is 2. The number of rotatable bonds is 6. The molecule has 4 rings (SSSR count). The van der Waals surface area contributed by atoms with Crippen molar-refractivity contribution >= 4 is 40.9 Å². The normalized spacial score (nSPS) is 18.9. The van der Waals surface area contributed by atoms with E-state index in [1.165, 1.54) is 6.33 Å². The van der Waals surface area contributed by atoms with E-state index < -0.39 is 17.2 Å². The maximum Gasteiger partial charge on any atom is 0.234 e. The largest absolute Gasteiger partial charge is 0.351 e. The Balaban J connectivity index is 1.46. The Kier molecular flexibility index (Phi) is 6.23.